The first kappa shape index (κ1) is 15.8. The van der Waals surface area contributed by atoms with Gasteiger partial charge in [-0.05, 0) is 26.9 Å². The second-order valence-corrected chi connectivity index (χ2v) is 5.26. The monoisotopic (exact) mass is 245 g/mol. The van der Waals surface area contributed by atoms with E-state index in [4.69, 9.17) is 9.47 Å². The lowest BCUT2D eigenvalue weighted by atomic mass is 10.4. The van der Waals surface area contributed by atoms with Crippen LogP contribution in [0.2, 0.25) is 0 Å². The van der Waals surface area contributed by atoms with Crippen LogP contribution >= 0.6 is 0 Å². The van der Waals surface area contributed by atoms with Crippen LogP contribution in [0.5, 0.6) is 0 Å². The average molecular weight is 245 g/mol. The van der Waals surface area contributed by atoms with Gasteiger partial charge in [-0.25, -0.2) is 0 Å². The minimum Gasteiger partial charge on any atom is -0.353 e. The Labute approximate surface area is 103 Å². The third kappa shape index (κ3) is 8.04. The summed E-state index contributed by atoms with van der Waals surface area (Å²) in [4.78, 5) is 0. The summed E-state index contributed by atoms with van der Waals surface area (Å²) in [7, 11) is -0.204. The normalized spacial score (nSPS) is 12.9. The Morgan fingerprint density at radius 3 is 2.06 bits per heavy atom. The van der Waals surface area contributed by atoms with Gasteiger partial charge in [0.2, 0.25) is 0 Å². The number of nitrogens with zero attached hydrogens (tertiary/aromatic N) is 1. The molecule has 0 aliphatic carbocycles. The number of hydrogen-bond donors (Lipinski definition) is 0. The van der Waals surface area contributed by atoms with Gasteiger partial charge in [-0.2, -0.15) is 0 Å². The minimum atomic E-state index is -0.204. The molecule has 0 rings (SSSR count). The maximum Gasteiger partial charge on any atom is 0.160 e. The summed E-state index contributed by atoms with van der Waals surface area (Å²) in [5.74, 6) is 0. The van der Waals surface area contributed by atoms with Crippen molar-refractivity contribution in [1.29, 1.82) is 0 Å². The minimum absolute atomic E-state index is 0.0584. The molecule has 0 atom stereocenters. The summed E-state index contributed by atoms with van der Waals surface area (Å²) in [6.45, 7) is 12.2. The van der Waals surface area contributed by atoms with Gasteiger partial charge in [0.15, 0.2) is 6.29 Å². The summed E-state index contributed by atoms with van der Waals surface area (Å²) in [6.07, 6.45) is 3.02. The first-order valence-electron chi connectivity index (χ1n) is 6.38. The highest BCUT2D eigenvalue weighted by atomic mass is 28.2. The molecule has 0 aliphatic heterocycles. The van der Waals surface area contributed by atoms with Crippen molar-refractivity contribution in [2.24, 2.45) is 0 Å². The summed E-state index contributed by atoms with van der Waals surface area (Å²) < 4.78 is 13.4. The molecule has 0 saturated carbocycles. The van der Waals surface area contributed by atoms with Crippen molar-refractivity contribution in [3.8, 4) is 0 Å². The lowest BCUT2D eigenvalue weighted by molar-refractivity contribution is -0.133. The largest absolute Gasteiger partial charge is 0.353 e. The molecule has 0 N–H and O–H groups in total. The van der Waals surface area contributed by atoms with Crippen molar-refractivity contribution in [2.75, 3.05) is 26.3 Å². The van der Waals surface area contributed by atoms with E-state index in [9.17, 15) is 0 Å². The van der Waals surface area contributed by atoms with Gasteiger partial charge in [-0.3, -0.25) is 0 Å². The zero-order valence-corrected chi connectivity index (χ0v) is 12.7. The van der Waals surface area contributed by atoms with Crippen molar-refractivity contribution in [3.63, 3.8) is 0 Å². The maximum atomic E-state index is 5.47. The van der Waals surface area contributed by atoms with Crippen LogP contribution in [0, 0.1) is 0 Å². The highest BCUT2D eigenvalue weighted by Gasteiger charge is 2.04. The molecule has 16 heavy (non-hydrogen) atoms. The molecule has 0 aliphatic rings. The van der Waals surface area contributed by atoms with E-state index in [1.807, 2.05) is 13.8 Å². The molecule has 0 radical (unpaired) electrons. The Morgan fingerprint density at radius 2 is 1.62 bits per heavy atom. The molecule has 4 heteroatoms. The van der Waals surface area contributed by atoms with E-state index in [1.165, 1.54) is 0 Å². The predicted molar refractivity (Wildman–Crippen MR) is 72.3 cm³/mol. The van der Waals surface area contributed by atoms with Gasteiger partial charge in [0, 0.05) is 19.6 Å². The fourth-order valence-corrected chi connectivity index (χ4v) is 2.62. The van der Waals surface area contributed by atoms with E-state index < -0.39 is 0 Å². The van der Waals surface area contributed by atoms with Crippen LogP contribution in [0.15, 0.2) is 11.8 Å². The Hall–Kier alpha value is -0.163. The predicted octanol–water partition coefficient (Wildman–Crippen LogP) is 1.71. The summed E-state index contributed by atoms with van der Waals surface area (Å²) >= 11 is 0. The van der Waals surface area contributed by atoms with Crippen molar-refractivity contribution in [3.05, 3.63) is 11.8 Å². The molecule has 0 amide bonds. The second-order valence-electron chi connectivity index (χ2n) is 3.53. The Bertz CT molecular complexity index is 166. The Balaban J connectivity index is 3.76. The molecule has 0 aromatic heterocycles. The lowest BCUT2D eigenvalue weighted by Crippen LogP contribution is -2.26. The van der Waals surface area contributed by atoms with E-state index in [-0.39, 0.29) is 16.0 Å². The van der Waals surface area contributed by atoms with Gasteiger partial charge < -0.3 is 14.0 Å². The van der Waals surface area contributed by atoms with E-state index in [2.05, 4.69) is 30.2 Å². The van der Waals surface area contributed by atoms with Crippen molar-refractivity contribution in [1.82, 2.24) is 4.57 Å². The molecule has 0 fully saturated rings. The van der Waals surface area contributed by atoms with Crippen LogP contribution in [-0.2, 0) is 9.47 Å². The van der Waals surface area contributed by atoms with Crippen LogP contribution in [0.4, 0.5) is 0 Å². The van der Waals surface area contributed by atoms with Crippen LogP contribution in [0.1, 0.15) is 34.1 Å². The molecule has 96 valence electrons. The maximum absolute atomic E-state index is 5.47. The van der Waals surface area contributed by atoms with Gasteiger partial charge in [-0.1, -0.05) is 25.6 Å². The summed E-state index contributed by atoms with van der Waals surface area (Å²) in [5.41, 5.74) is 2.33. The molecule has 0 bridgehead atoms. The Kier molecular flexibility index (Phi) is 11.2. The molecule has 0 aromatic rings. The fourth-order valence-electron chi connectivity index (χ4n) is 1.47. The second kappa shape index (κ2) is 11.3. The van der Waals surface area contributed by atoms with Crippen LogP contribution < -0.4 is 0 Å². The SMILES string of the molecule is CCOC(CC=C[SiH2]N(CC)CC)OCC. The first-order chi connectivity index (χ1) is 7.78. The zero-order chi connectivity index (χ0) is 12.2. The Morgan fingerprint density at radius 1 is 1.06 bits per heavy atom. The van der Waals surface area contributed by atoms with E-state index in [0.29, 0.717) is 13.2 Å². The standard InChI is InChI=1S/C12H27NO2Si/c1-5-13(6-2)16-11-9-10-12(14-7-3)15-8-4/h9,11-12H,5-8,10,16H2,1-4H3. The molecular weight excluding hydrogens is 218 g/mol. The zero-order valence-electron chi connectivity index (χ0n) is 11.2. The highest BCUT2D eigenvalue weighted by molar-refractivity contribution is 6.38. The van der Waals surface area contributed by atoms with Gasteiger partial charge in [-0.15, -0.1) is 0 Å². The molecule has 3 nitrogen and oxygen atoms in total. The highest BCUT2D eigenvalue weighted by Crippen LogP contribution is 2.01. The van der Waals surface area contributed by atoms with Gasteiger partial charge in [0.05, 0.1) is 0 Å². The van der Waals surface area contributed by atoms with Crippen LogP contribution in [-0.4, -0.2) is 46.8 Å². The molecule has 0 spiro atoms. The van der Waals surface area contributed by atoms with Crippen molar-refractivity contribution in [2.45, 2.75) is 40.4 Å². The average Bonchev–Trinajstić information content (AvgIpc) is 2.30. The van der Waals surface area contributed by atoms with E-state index in [1.54, 1.807) is 0 Å². The van der Waals surface area contributed by atoms with Crippen LogP contribution in [0.25, 0.3) is 0 Å². The van der Waals surface area contributed by atoms with Crippen LogP contribution in [0.3, 0.4) is 0 Å². The topological polar surface area (TPSA) is 21.7 Å². The number of hydrogen-bond acceptors (Lipinski definition) is 3. The third-order valence-electron chi connectivity index (χ3n) is 2.46. The molecule has 0 saturated heterocycles. The quantitative estimate of drug-likeness (QED) is 0.432. The number of ether oxygens (including phenoxy) is 2. The van der Waals surface area contributed by atoms with E-state index >= 15 is 0 Å². The smallest absolute Gasteiger partial charge is 0.160 e. The fraction of sp³-hybridized carbons (Fsp3) is 0.833. The molecular formula is C12H27NO2Si. The lowest BCUT2D eigenvalue weighted by Gasteiger charge is -2.16. The first-order valence-corrected chi connectivity index (χ1v) is 7.83. The van der Waals surface area contributed by atoms with Crippen molar-refractivity contribution < 1.29 is 9.47 Å². The molecule has 0 heterocycles. The van der Waals surface area contributed by atoms with E-state index in [0.717, 1.165) is 19.5 Å². The van der Waals surface area contributed by atoms with Crippen molar-refractivity contribution >= 4 is 9.68 Å². The summed E-state index contributed by atoms with van der Waals surface area (Å²) in [6, 6.07) is 0. The number of rotatable bonds is 10. The van der Waals surface area contributed by atoms with Gasteiger partial charge in [0.1, 0.15) is 9.68 Å². The molecule has 0 unspecified atom stereocenters. The molecule has 0 aromatic carbocycles. The van der Waals surface area contributed by atoms with Gasteiger partial charge >= 0.3 is 0 Å². The summed E-state index contributed by atoms with van der Waals surface area (Å²) in [5, 5.41) is 0. The van der Waals surface area contributed by atoms with Gasteiger partial charge in [0.25, 0.3) is 0 Å². The third-order valence-corrected chi connectivity index (χ3v) is 4.41.